The van der Waals surface area contributed by atoms with E-state index in [1.165, 1.54) is 0 Å². The van der Waals surface area contributed by atoms with Gasteiger partial charge in [-0.15, -0.1) is 0 Å². The van der Waals surface area contributed by atoms with E-state index in [9.17, 15) is 9.59 Å². The van der Waals surface area contributed by atoms with Crippen LogP contribution >= 0.6 is 0 Å². The Morgan fingerprint density at radius 1 is 1.00 bits per heavy atom. The van der Waals surface area contributed by atoms with E-state index in [0.29, 0.717) is 18.6 Å². The molecular formula is C11H13NO6. The molecule has 2 amide bonds. The molecule has 2 rings (SSSR count). The van der Waals surface area contributed by atoms with Gasteiger partial charge in [0.1, 0.15) is 5.75 Å². The SMILES string of the molecule is O=C(O)O.O=C1CCC(=O)N1.Oc1ccccc1. The average Bonchev–Trinajstić information content (AvgIpc) is 2.63. The van der Waals surface area contributed by atoms with Gasteiger partial charge in [-0.2, -0.15) is 0 Å². The maximum absolute atomic E-state index is 10.1. The molecule has 1 aromatic rings. The second-order valence-electron chi connectivity index (χ2n) is 3.09. The molecule has 1 fully saturated rings. The van der Waals surface area contributed by atoms with Gasteiger partial charge in [-0.05, 0) is 12.1 Å². The predicted molar refractivity (Wildman–Crippen MR) is 61.1 cm³/mol. The summed E-state index contributed by atoms with van der Waals surface area (Å²) < 4.78 is 0. The third-order valence-electron chi connectivity index (χ3n) is 1.61. The first kappa shape index (κ1) is 15.4. The number of imide groups is 1. The van der Waals surface area contributed by atoms with Crippen molar-refractivity contribution in [3.05, 3.63) is 30.3 Å². The number of para-hydroxylation sites is 1. The van der Waals surface area contributed by atoms with Gasteiger partial charge < -0.3 is 15.3 Å². The Labute approximate surface area is 103 Å². The molecule has 0 aromatic heterocycles. The van der Waals surface area contributed by atoms with Crippen LogP contribution in [0.15, 0.2) is 30.3 Å². The summed E-state index contributed by atoms with van der Waals surface area (Å²) in [6.45, 7) is 0. The van der Waals surface area contributed by atoms with Crippen LogP contribution < -0.4 is 5.32 Å². The second kappa shape index (κ2) is 8.57. The molecule has 4 N–H and O–H groups in total. The first-order valence-corrected chi connectivity index (χ1v) is 4.90. The number of nitrogens with one attached hydrogen (secondary N) is 1. The van der Waals surface area contributed by atoms with Gasteiger partial charge in [-0.25, -0.2) is 4.79 Å². The van der Waals surface area contributed by atoms with Crippen LogP contribution in [0, 0.1) is 0 Å². The number of hydrogen-bond acceptors (Lipinski definition) is 4. The van der Waals surface area contributed by atoms with Crippen LogP contribution in [0.2, 0.25) is 0 Å². The van der Waals surface area contributed by atoms with Crippen molar-refractivity contribution in [2.75, 3.05) is 0 Å². The summed E-state index contributed by atoms with van der Waals surface area (Å²) in [5.74, 6) is 0.0255. The van der Waals surface area contributed by atoms with E-state index in [0.717, 1.165) is 0 Å². The number of amides is 2. The van der Waals surface area contributed by atoms with Gasteiger partial charge in [0.15, 0.2) is 0 Å². The van der Waals surface area contributed by atoms with Crippen molar-refractivity contribution in [2.24, 2.45) is 0 Å². The van der Waals surface area contributed by atoms with Gasteiger partial charge in [0.2, 0.25) is 11.8 Å². The zero-order valence-corrected chi connectivity index (χ0v) is 9.37. The quantitative estimate of drug-likeness (QED) is 0.513. The van der Waals surface area contributed by atoms with Gasteiger partial charge in [-0.3, -0.25) is 14.9 Å². The summed E-state index contributed by atoms with van der Waals surface area (Å²) in [7, 11) is 0. The molecule has 7 heteroatoms. The minimum atomic E-state index is -1.83. The van der Waals surface area contributed by atoms with Crippen LogP contribution in [0.5, 0.6) is 5.75 Å². The predicted octanol–water partition coefficient (Wildman–Crippen LogP) is 1.04. The zero-order valence-electron chi connectivity index (χ0n) is 9.37. The monoisotopic (exact) mass is 255 g/mol. The summed E-state index contributed by atoms with van der Waals surface area (Å²) in [6.07, 6.45) is -1.09. The first-order valence-electron chi connectivity index (χ1n) is 4.90. The molecule has 1 heterocycles. The van der Waals surface area contributed by atoms with E-state index in [2.05, 4.69) is 5.32 Å². The highest BCUT2D eigenvalue weighted by molar-refractivity contribution is 6.01. The van der Waals surface area contributed by atoms with Crippen LogP contribution in [-0.4, -0.2) is 33.3 Å². The van der Waals surface area contributed by atoms with Crippen molar-refractivity contribution < 1.29 is 29.7 Å². The minimum Gasteiger partial charge on any atom is -0.508 e. The first-order chi connectivity index (χ1) is 8.41. The highest BCUT2D eigenvalue weighted by atomic mass is 16.6. The topological polar surface area (TPSA) is 124 Å². The Balaban J connectivity index is 0.000000253. The Bertz CT molecular complexity index is 385. The Morgan fingerprint density at radius 2 is 1.39 bits per heavy atom. The van der Waals surface area contributed by atoms with Crippen LogP contribution in [0.25, 0.3) is 0 Å². The lowest BCUT2D eigenvalue weighted by Gasteiger charge is -1.82. The highest BCUT2D eigenvalue weighted by Crippen LogP contribution is 2.02. The number of carbonyl (C=O) groups excluding carboxylic acids is 2. The summed E-state index contributed by atoms with van der Waals surface area (Å²) in [6, 6.07) is 8.71. The molecule has 0 bridgehead atoms. The average molecular weight is 255 g/mol. The van der Waals surface area contributed by atoms with E-state index in [4.69, 9.17) is 20.1 Å². The lowest BCUT2D eigenvalue weighted by Crippen LogP contribution is -2.18. The Hall–Kier alpha value is -2.57. The largest absolute Gasteiger partial charge is 0.508 e. The molecule has 98 valence electrons. The van der Waals surface area contributed by atoms with Crippen molar-refractivity contribution >= 4 is 18.0 Å². The fraction of sp³-hybridized carbons (Fsp3) is 0.182. The number of benzene rings is 1. The van der Waals surface area contributed by atoms with Gasteiger partial charge in [0.05, 0.1) is 0 Å². The van der Waals surface area contributed by atoms with E-state index in [-0.39, 0.29) is 11.8 Å². The number of phenols is 1. The van der Waals surface area contributed by atoms with Crippen molar-refractivity contribution in [2.45, 2.75) is 12.8 Å². The van der Waals surface area contributed by atoms with Crippen molar-refractivity contribution in [1.29, 1.82) is 0 Å². The lowest BCUT2D eigenvalue weighted by atomic mass is 10.3. The summed E-state index contributed by atoms with van der Waals surface area (Å²) in [4.78, 5) is 28.8. The summed E-state index contributed by atoms with van der Waals surface area (Å²) in [5.41, 5.74) is 0. The Morgan fingerprint density at radius 3 is 1.56 bits per heavy atom. The second-order valence-corrected chi connectivity index (χ2v) is 3.09. The standard InChI is InChI=1S/C6H6O.C4H5NO2.CH2O3/c7-6-4-2-1-3-5-6;6-3-1-2-4(7)5-3;2-1(3)4/h1-5,7H;1-2H2,(H,5,6,7);(H2,2,3,4). The van der Waals surface area contributed by atoms with Crippen molar-refractivity contribution in [1.82, 2.24) is 5.32 Å². The summed E-state index contributed by atoms with van der Waals surface area (Å²) in [5, 5.41) is 24.7. The molecule has 7 nitrogen and oxygen atoms in total. The third-order valence-corrected chi connectivity index (χ3v) is 1.61. The molecule has 1 aliphatic rings. The number of rotatable bonds is 0. The van der Waals surface area contributed by atoms with Crippen LogP contribution in [0.4, 0.5) is 4.79 Å². The van der Waals surface area contributed by atoms with Crippen LogP contribution in [0.3, 0.4) is 0 Å². The van der Waals surface area contributed by atoms with Crippen molar-refractivity contribution in [3.63, 3.8) is 0 Å². The molecule has 18 heavy (non-hydrogen) atoms. The molecule has 0 atom stereocenters. The summed E-state index contributed by atoms with van der Waals surface area (Å²) >= 11 is 0. The molecular weight excluding hydrogens is 242 g/mol. The van der Waals surface area contributed by atoms with Crippen LogP contribution in [0.1, 0.15) is 12.8 Å². The highest BCUT2D eigenvalue weighted by Gasteiger charge is 2.15. The fourth-order valence-electron chi connectivity index (χ4n) is 0.936. The number of carboxylic acid groups (broad SMARTS) is 2. The van der Waals surface area contributed by atoms with Gasteiger partial charge in [0.25, 0.3) is 0 Å². The molecule has 0 radical (unpaired) electrons. The fourth-order valence-corrected chi connectivity index (χ4v) is 0.936. The van der Waals surface area contributed by atoms with Gasteiger partial charge >= 0.3 is 6.16 Å². The van der Waals surface area contributed by atoms with E-state index < -0.39 is 6.16 Å². The lowest BCUT2D eigenvalue weighted by molar-refractivity contribution is -0.124. The van der Waals surface area contributed by atoms with E-state index in [1.54, 1.807) is 24.3 Å². The number of carbonyl (C=O) groups is 3. The minimum absolute atomic E-state index is 0.148. The smallest absolute Gasteiger partial charge is 0.503 e. The van der Waals surface area contributed by atoms with Gasteiger partial charge in [0, 0.05) is 12.8 Å². The molecule has 0 unspecified atom stereocenters. The van der Waals surface area contributed by atoms with E-state index >= 15 is 0 Å². The maximum Gasteiger partial charge on any atom is 0.503 e. The van der Waals surface area contributed by atoms with Crippen molar-refractivity contribution in [3.8, 4) is 5.75 Å². The Kier molecular flexibility index (Phi) is 7.34. The number of phenolic OH excluding ortho intramolecular Hbond substituents is 1. The number of hydrogen-bond donors (Lipinski definition) is 4. The molecule has 1 aliphatic heterocycles. The van der Waals surface area contributed by atoms with E-state index in [1.807, 2.05) is 6.07 Å². The number of aromatic hydroxyl groups is 1. The molecule has 0 spiro atoms. The molecule has 1 aromatic carbocycles. The third kappa shape index (κ3) is 9.97. The molecule has 1 saturated heterocycles. The van der Waals surface area contributed by atoms with Gasteiger partial charge in [-0.1, -0.05) is 18.2 Å². The van der Waals surface area contributed by atoms with Crippen LogP contribution in [-0.2, 0) is 9.59 Å². The molecule has 0 aliphatic carbocycles. The zero-order chi connectivity index (χ0) is 14.0. The maximum atomic E-state index is 10.1. The normalized spacial score (nSPS) is 12.4. The molecule has 0 saturated carbocycles.